The van der Waals surface area contributed by atoms with E-state index in [0.717, 1.165) is 0 Å². The molecule has 9 N–H and O–H groups in total. The molecule has 0 aliphatic rings. The molecule has 0 aliphatic heterocycles. The number of carboxylic acid groups (broad SMARTS) is 2. The second-order valence-corrected chi connectivity index (χ2v) is 6.45. The van der Waals surface area contributed by atoms with Crippen LogP contribution in [0.3, 0.4) is 0 Å². The van der Waals surface area contributed by atoms with Gasteiger partial charge in [0.15, 0.2) is 0 Å². The van der Waals surface area contributed by atoms with Crippen LogP contribution < -0.4 is 27.4 Å². The minimum Gasteiger partial charge on any atom is -0.481 e. The van der Waals surface area contributed by atoms with E-state index in [1.807, 2.05) is 0 Å². The summed E-state index contributed by atoms with van der Waals surface area (Å²) in [6.07, 6.45) is -1.11. The summed E-state index contributed by atoms with van der Waals surface area (Å²) in [5.41, 5.74) is 10.5. The summed E-state index contributed by atoms with van der Waals surface area (Å²) in [6, 6.07) is -5.32. The molecule has 0 bridgehead atoms. The highest BCUT2D eigenvalue weighted by atomic mass is 32.1. The number of amides is 4. The van der Waals surface area contributed by atoms with Gasteiger partial charge in [0.2, 0.25) is 23.6 Å². The van der Waals surface area contributed by atoms with Crippen LogP contribution in [-0.2, 0) is 28.8 Å². The zero-order valence-corrected chi connectivity index (χ0v) is 16.5. The third-order valence-corrected chi connectivity index (χ3v) is 3.96. The summed E-state index contributed by atoms with van der Waals surface area (Å²) in [6.45, 7) is 1.21. The molecule has 0 heterocycles. The predicted molar refractivity (Wildman–Crippen MR) is 102 cm³/mol. The Morgan fingerprint density at radius 3 is 1.90 bits per heavy atom. The summed E-state index contributed by atoms with van der Waals surface area (Å²) in [4.78, 5) is 69.0. The minimum absolute atomic E-state index is 0.114. The molecule has 164 valence electrons. The highest BCUT2D eigenvalue weighted by Crippen LogP contribution is 2.00. The maximum Gasteiger partial charge on any atom is 0.325 e. The topological polar surface area (TPSA) is 231 Å². The molecule has 0 aromatic heterocycles. The van der Waals surface area contributed by atoms with Crippen LogP contribution in [0.1, 0.15) is 26.2 Å². The SMILES string of the molecule is CC(NC(=O)C(CS)NC(=O)C(CC(=O)O)NC(=O)C(N)CCC(N)=O)C(=O)O. The first-order valence-corrected chi connectivity index (χ1v) is 9.02. The molecule has 0 rings (SSSR count). The van der Waals surface area contributed by atoms with Crippen molar-refractivity contribution in [3.63, 3.8) is 0 Å². The Morgan fingerprint density at radius 2 is 1.45 bits per heavy atom. The van der Waals surface area contributed by atoms with Crippen LogP contribution in [0.15, 0.2) is 0 Å². The van der Waals surface area contributed by atoms with Crippen LogP contribution in [0.25, 0.3) is 0 Å². The van der Waals surface area contributed by atoms with Crippen LogP contribution in [0.2, 0.25) is 0 Å². The van der Waals surface area contributed by atoms with E-state index in [0.29, 0.717) is 0 Å². The molecular formula is C15H25N5O8S. The fraction of sp³-hybridized carbons (Fsp3) is 0.600. The van der Waals surface area contributed by atoms with Gasteiger partial charge in [0.1, 0.15) is 18.1 Å². The number of hydrogen-bond acceptors (Lipinski definition) is 8. The van der Waals surface area contributed by atoms with E-state index < -0.39 is 66.2 Å². The Kier molecular flexibility index (Phi) is 11.3. The number of nitrogens with two attached hydrogens (primary N) is 2. The molecule has 4 amide bonds. The summed E-state index contributed by atoms with van der Waals surface area (Å²) in [5.74, 6) is -6.39. The zero-order valence-electron chi connectivity index (χ0n) is 15.6. The Balaban J connectivity index is 5.10. The Hall–Kier alpha value is -2.87. The van der Waals surface area contributed by atoms with Crippen molar-refractivity contribution in [1.82, 2.24) is 16.0 Å². The number of carboxylic acids is 2. The van der Waals surface area contributed by atoms with Gasteiger partial charge in [-0.3, -0.25) is 28.8 Å². The lowest BCUT2D eigenvalue weighted by atomic mass is 10.1. The summed E-state index contributed by atoms with van der Waals surface area (Å²) >= 11 is 3.90. The number of rotatable bonds is 13. The molecule has 4 unspecified atom stereocenters. The maximum absolute atomic E-state index is 12.4. The molecule has 0 aromatic carbocycles. The molecule has 13 nitrogen and oxygen atoms in total. The molecule has 0 saturated heterocycles. The van der Waals surface area contributed by atoms with Crippen LogP contribution in [0, 0.1) is 0 Å². The van der Waals surface area contributed by atoms with E-state index in [1.54, 1.807) is 0 Å². The van der Waals surface area contributed by atoms with Crippen LogP contribution in [0.4, 0.5) is 0 Å². The molecule has 0 fully saturated rings. The normalized spacial score (nSPS) is 14.6. The molecule has 0 spiro atoms. The van der Waals surface area contributed by atoms with Crippen LogP contribution >= 0.6 is 12.6 Å². The monoisotopic (exact) mass is 435 g/mol. The van der Waals surface area contributed by atoms with Gasteiger partial charge < -0.3 is 37.6 Å². The van der Waals surface area contributed by atoms with E-state index in [1.165, 1.54) is 6.92 Å². The first kappa shape index (κ1) is 26.1. The van der Waals surface area contributed by atoms with Gasteiger partial charge >= 0.3 is 11.9 Å². The lowest BCUT2D eigenvalue weighted by molar-refractivity contribution is -0.142. The number of aliphatic carboxylic acids is 2. The van der Waals surface area contributed by atoms with E-state index in [-0.39, 0.29) is 18.6 Å². The summed E-state index contributed by atoms with van der Waals surface area (Å²) < 4.78 is 0. The fourth-order valence-electron chi connectivity index (χ4n) is 1.93. The number of carbonyl (C=O) groups excluding carboxylic acids is 4. The summed E-state index contributed by atoms with van der Waals surface area (Å²) in [7, 11) is 0. The molecule has 4 atom stereocenters. The van der Waals surface area contributed by atoms with E-state index in [4.69, 9.17) is 21.7 Å². The van der Waals surface area contributed by atoms with Gasteiger partial charge in [0.05, 0.1) is 12.5 Å². The van der Waals surface area contributed by atoms with Crippen molar-refractivity contribution in [3.05, 3.63) is 0 Å². The standard InChI is InChI=1S/C15H25N5O8S/c1-6(15(27)28)18-14(26)9(5-29)20-13(25)8(4-11(22)23)19-12(24)7(16)2-3-10(17)21/h6-9,29H,2-5,16H2,1H3,(H2,17,21)(H,18,26)(H,19,24)(H,20,25)(H,22,23)(H,27,28). The minimum atomic E-state index is -1.58. The van der Waals surface area contributed by atoms with Gasteiger partial charge in [-0.05, 0) is 13.3 Å². The average molecular weight is 435 g/mol. The number of hydrogen-bond donors (Lipinski definition) is 8. The van der Waals surface area contributed by atoms with Crippen molar-refractivity contribution < 1.29 is 39.0 Å². The number of thiol groups is 1. The Morgan fingerprint density at radius 1 is 0.931 bits per heavy atom. The second kappa shape index (κ2) is 12.6. The number of carbonyl (C=O) groups is 6. The first-order valence-electron chi connectivity index (χ1n) is 8.39. The first-order chi connectivity index (χ1) is 13.4. The molecule has 0 saturated carbocycles. The molecule has 0 aromatic rings. The van der Waals surface area contributed by atoms with Gasteiger partial charge in [-0.1, -0.05) is 0 Å². The van der Waals surface area contributed by atoms with Crippen LogP contribution in [0.5, 0.6) is 0 Å². The zero-order chi connectivity index (χ0) is 22.7. The molecular weight excluding hydrogens is 410 g/mol. The lowest BCUT2D eigenvalue weighted by Gasteiger charge is -2.23. The van der Waals surface area contributed by atoms with Crippen molar-refractivity contribution in [2.24, 2.45) is 11.5 Å². The Labute approximate surface area is 171 Å². The van der Waals surface area contributed by atoms with Crippen LogP contribution in [-0.4, -0.2) is 75.7 Å². The van der Waals surface area contributed by atoms with E-state index >= 15 is 0 Å². The van der Waals surface area contributed by atoms with Gasteiger partial charge in [0.25, 0.3) is 0 Å². The van der Waals surface area contributed by atoms with Gasteiger partial charge in [-0.15, -0.1) is 0 Å². The highest BCUT2D eigenvalue weighted by Gasteiger charge is 2.30. The fourth-order valence-corrected chi connectivity index (χ4v) is 2.19. The van der Waals surface area contributed by atoms with Gasteiger partial charge in [-0.2, -0.15) is 12.6 Å². The van der Waals surface area contributed by atoms with Crippen molar-refractivity contribution >= 4 is 48.2 Å². The van der Waals surface area contributed by atoms with Crippen molar-refractivity contribution in [1.29, 1.82) is 0 Å². The average Bonchev–Trinajstić information content (AvgIpc) is 2.62. The van der Waals surface area contributed by atoms with Crippen molar-refractivity contribution in [2.75, 3.05) is 5.75 Å². The van der Waals surface area contributed by atoms with E-state index in [9.17, 15) is 28.8 Å². The predicted octanol–water partition coefficient (Wildman–Crippen LogP) is -3.46. The largest absolute Gasteiger partial charge is 0.481 e. The molecule has 0 aliphatic carbocycles. The van der Waals surface area contributed by atoms with Gasteiger partial charge in [-0.25, -0.2) is 0 Å². The number of primary amides is 1. The summed E-state index contributed by atoms with van der Waals surface area (Å²) in [5, 5.41) is 24.2. The lowest BCUT2D eigenvalue weighted by Crippen LogP contribution is -2.57. The van der Waals surface area contributed by atoms with E-state index in [2.05, 4.69) is 28.6 Å². The Bertz CT molecular complexity index is 659. The van der Waals surface area contributed by atoms with Crippen molar-refractivity contribution in [2.45, 2.75) is 50.4 Å². The highest BCUT2D eigenvalue weighted by molar-refractivity contribution is 7.80. The maximum atomic E-state index is 12.4. The molecule has 14 heteroatoms. The third kappa shape index (κ3) is 10.3. The molecule has 29 heavy (non-hydrogen) atoms. The quantitative estimate of drug-likeness (QED) is 0.134. The van der Waals surface area contributed by atoms with Crippen molar-refractivity contribution in [3.8, 4) is 0 Å². The molecule has 0 radical (unpaired) electrons. The number of nitrogens with one attached hydrogen (secondary N) is 3. The third-order valence-electron chi connectivity index (χ3n) is 3.59. The second-order valence-electron chi connectivity index (χ2n) is 6.08. The van der Waals surface area contributed by atoms with Gasteiger partial charge in [0, 0.05) is 12.2 Å². The smallest absolute Gasteiger partial charge is 0.325 e.